The minimum Gasteiger partial charge on any atom is -0.387 e. The average Bonchev–Trinajstić information content (AvgIpc) is 3.20. The first-order chi connectivity index (χ1) is 12.7. The Labute approximate surface area is 162 Å². The van der Waals surface area contributed by atoms with Gasteiger partial charge in [-0.1, -0.05) is 18.5 Å². The Balaban J connectivity index is 1.92. The first-order valence-corrected chi connectivity index (χ1v) is 9.64. The highest BCUT2D eigenvalue weighted by Gasteiger charge is 2.75. The smallest absolute Gasteiger partial charge is 0.291 e. The van der Waals surface area contributed by atoms with Gasteiger partial charge in [0.15, 0.2) is 0 Å². The molecule has 3 aliphatic heterocycles. The first-order valence-electron chi connectivity index (χ1n) is 9.26. The number of rotatable bonds is 3. The Morgan fingerprint density at radius 1 is 1.30 bits per heavy atom. The molecule has 3 amide bonds. The van der Waals surface area contributed by atoms with Gasteiger partial charge < -0.3 is 15.7 Å². The Kier molecular flexibility index (Phi) is 4.10. The van der Waals surface area contributed by atoms with E-state index in [-0.39, 0.29) is 23.8 Å². The van der Waals surface area contributed by atoms with Gasteiger partial charge in [-0.05, 0) is 38.5 Å². The van der Waals surface area contributed by atoms with Crippen LogP contribution >= 0.6 is 11.6 Å². The van der Waals surface area contributed by atoms with Gasteiger partial charge in [0.2, 0.25) is 17.4 Å². The summed E-state index contributed by atoms with van der Waals surface area (Å²) >= 11 is 6.18. The third-order valence-electron chi connectivity index (χ3n) is 6.39. The molecule has 7 nitrogen and oxygen atoms in total. The number of nitrogens with one attached hydrogen (secondary N) is 1. The van der Waals surface area contributed by atoms with Crippen LogP contribution < -0.4 is 10.6 Å². The predicted molar refractivity (Wildman–Crippen MR) is 97.7 cm³/mol. The van der Waals surface area contributed by atoms with Gasteiger partial charge in [-0.2, -0.15) is 0 Å². The number of anilines is 1. The van der Waals surface area contributed by atoms with E-state index >= 15 is 0 Å². The van der Waals surface area contributed by atoms with E-state index in [1.807, 2.05) is 13.8 Å². The Bertz CT molecular complexity index is 857. The maximum atomic E-state index is 13.4. The van der Waals surface area contributed by atoms with Crippen LogP contribution in [0.5, 0.6) is 0 Å². The maximum Gasteiger partial charge on any atom is 0.291 e. The molecule has 8 heteroatoms. The molecule has 4 N–H and O–H groups in total. The third kappa shape index (κ3) is 2.25. The topological polar surface area (TPSA) is 103 Å². The number of aliphatic hydroxyl groups is 1. The molecule has 144 valence electrons. The fraction of sp³-hybridized carbons (Fsp3) is 0.526. The Morgan fingerprint density at radius 2 is 2.00 bits per heavy atom. The lowest BCUT2D eigenvalue weighted by Crippen LogP contribution is -3.00. The number of benzene rings is 1. The fourth-order valence-electron chi connectivity index (χ4n) is 4.94. The summed E-state index contributed by atoms with van der Waals surface area (Å²) in [7, 11) is 0. The number of fused-ring (bicyclic) bond motifs is 4. The maximum absolute atomic E-state index is 13.4. The summed E-state index contributed by atoms with van der Waals surface area (Å²) in [6.45, 7) is 5.32. The molecule has 27 heavy (non-hydrogen) atoms. The number of carbonyl (C=O) groups excluding carboxylic acids is 3. The summed E-state index contributed by atoms with van der Waals surface area (Å²) in [5, 5.41) is 15.3. The number of amides is 3. The molecule has 6 atom stereocenters. The van der Waals surface area contributed by atoms with Gasteiger partial charge in [0.05, 0.1) is 5.69 Å². The fourth-order valence-corrected chi connectivity index (χ4v) is 5.11. The molecule has 1 aromatic rings. The first kappa shape index (κ1) is 18.4. The summed E-state index contributed by atoms with van der Waals surface area (Å²) in [5.74, 6) is -2.60. The van der Waals surface area contributed by atoms with Gasteiger partial charge in [0, 0.05) is 16.6 Å². The molecule has 2 fully saturated rings. The monoisotopic (exact) mass is 392 g/mol. The molecule has 4 rings (SSSR count). The van der Waals surface area contributed by atoms with Crippen molar-refractivity contribution in [2.45, 2.75) is 50.9 Å². The zero-order chi connectivity index (χ0) is 19.7. The van der Waals surface area contributed by atoms with Crippen molar-refractivity contribution >= 4 is 35.0 Å². The summed E-state index contributed by atoms with van der Waals surface area (Å²) < 4.78 is 0. The van der Waals surface area contributed by atoms with Crippen LogP contribution in [-0.4, -0.2) is 45.9 Å². The highest BCUT2D eigenvalue weighted by Crippen LogP contribution is 2.50. The van der Waals surface area contributed by atoms with Crippen LogP contribution in [0.15, 0.2) is 18.2 Å². The zero-order valence-electron chi connectivity index (χ0n) is 15.4. The Morgan fingerprint density at radius 3 is 2.63 bits per heavy atom. The number of imide groups is 1. The minimum absolute atomic E-state index is 0.259. The van der Waals surface area contributed by atoms with Crippen molar-refractivity contribution in [2.75, 3.05) is 5.32 Å². The van der Waals surface area contributed by atoms with Crippen molar-refractivity contribution in [1.29, 1.82) is 0 Å². The lowest BCUT2D eigenvalue weighted by atomic mass is 9.76. The normalized spacial score (nSPS) is 34.0. The number of quaternary nitrogens is 1. The quantitative estimate of drug-likeness (QED) is 0.640. The molecular weight excluding hydrogens is 370 g/mol. The van der Waals surface area contributed by atoms with Gasteiger partial charge in [-0.25, -0.2) is 0 Å². The molecule has 0 unspecified atom stereocenters. The van der Waals surface area contributed by atoms with Gasteiger partial charge >= 0.3 is 0 Å². The average molecular weight is 393 g/mol. The highest BCUT2D eigenvalue weighted by molar-refractivity contribution is 6.31. The second-order valence-electron chi connectivity index (χ2n) is 7.80. The summed E-state index contributed by atoms with van der Waals surface area (Å²) in [5.41, 5.74) is -0.0974. The van der Waals surface area contributed by atoms with Crippen molar-refractivity contribution in [3.05, 3.63) is 28.8 Å². The van der Waals surface area contributed by atoms with Crippen molar-refractivity contribution < 1.29 is 24.8 Å². The van der Waals surface area contributed by atoms with Crippen LogP contribution in [0.1, 0.15) is 32.8 Å². The molecule has 0 aliphatic carbocycles. The number of nitrogens with zero attached hydrogens (tertiary/aromatic N) is 1. The SMILES string of the molecule is CC[C@@H](C)N1C(=O)[C@@H]2[C@@H]([C@@H](C)O)[NH2+][C@@]3(C(=O)Nc4ccc(Cl)cc43)[C@@H]2C1=O. The number of hydrogen-bond donors (Lipinski definition) is 3. The molecule has 3 heterocycles. The lowest BCUT2D eigenvalue weighted by Gasteiger charge is -2.29. The molecular formula is C19H23ClN3O4+. The van der Waals surface area contributed by atoms with E-state index < -0.39 is 29.5 Å². The second-order valence-corrected chi connectivity index (χ2v) is 8.24. The number of likely N-dealkylation sites (tertiary alicyclic amines) is 1. The predicted octanol–water partition coefficient (Wildman–Crippen LogP) is 0.214. The van der Waals surface area contributed by atoms with Crippen molar-refractivity contribution in [3.8, 4) is 0 Å². The molecule has 1 aromatic carbocycles. The number of carbonyl (C=O) groups is 3. The van der Waals surface area contributed by atoms with Crippen molar-refractivity contribution in [1.82, 2.24) is 4.90 Å². The van der Waals surface area contributed by atoms with Crippen molar-refractivity contribution in [3.63, 3.8) is 0 Å². The van der Waals surface area contributed by atoms with E-state index in [0.717, 1.165) is 0 Å². The van der Waals surface area contributed by atoms with Crippen molar-refractivity contribution in [2.24, 2.45) is 11.8 Å². The van der Waals surface area contributed by atoms with Gasteiger partial charge in [-0.3, -0.25) is 19.3 Å². The number of aliphatic hydroxyl groups excluding tert-OH is 1. The minimum atomic E-state index is -1.29. The van der Waals surface area contributed by atoms with E-state index in [1.54, 1.807) is 30.4 Å². The largest absolute Gasteiger partial charge is 0.387 e. The van der Waals surface area contributed by atoms with E-state index in [2.05, 4.69) is 5.32 Å². The highest BCUT2D eigenvalue weighted by atomic mass is 35.5. The van der Waals surface area contributed by atoms with E-state index in [4.69, 9.17) is 11.6 Å². The van der Waals surface area contributed by atoms with E-state index in [0.29, 0.717) is 22.7 Å². The van der Waals surface area contributed by atoms with Crippen LogP contribution in [0.3, 0.4) is 0 Å². The molecule has 3 aliphatic rings. The number of nitrogens with two attached hydrogens (primary N) is 1. The zero-order valence-corrected chi connectivity index (χ0v) is 16.2. The second kappa shape index (κ2) is 6.02. The van der Waals surface area contributed by atoms with Crippen LogP contribution in [0, 0.1) is 11.8 Å². The summed E-state index contributed by atoms with van der Waals surface area (Å²) in [4.78, 5) is 40.9. The van der Waals surface area contributed by atoms with Gasteiger partial charge in [0.1, 0.15) is 24.0 Å². The molecule has 0 bridgehead atoms. The lowest BCUT2D eigenvalue weighted by molar-refractivity contribution is -0.738. The van der Waals surface area contributed by atoms with E-state index in [1.165, 1.54) is 4.90 Å². The molecule has 0 radical (unpaired) electrons. The van der Waals surface area contributed by atoms with Crippen LogP contribution in [0.4, 0.5) is 5.69 Å². The molecule has 1 spiro atoms. The number of hydrogen-bond acceptors (Lipinski definition) is 4. The molecule has 0 saturated carbocycles. The summed E-state index contributed by atoms with van der Waals surface area (Å²) in [6, 6.07) is 4.21. The van der Waals surface area contributed by atoms with Gasteiger partial charge in [-0.15, -0.1) is 0 Å². The third-order valence-corrected chi connectivity index (χ3v) is 6.62. The van der Waals surface area contributed by atoms with E-state index in [9.17, 15) is 19.5 Å². The van der Waals surface area contributed by atoms with Crippen LogP contribution in [0.2, 0.25) is 5.02 Å². The molecule has 2 saturated heterocycles. The van der Waals surface area contributed by atoms with Gasteiger partial charge in [0.25, 0.3) is 5.91 Å². The Hall–Kier alpha value is -1.96. The standard InChI is InChI=1S/C19H22ClN3O4/c1-4-8(2)23-16(25)13-14(17(23)26)19(22-15(13)9(3)24)11-7-10(20)5-6-12(11)21-18(19)27/h5-9,13-15,22,24H,4H2,1-3H3,(H,21,27)/p+1/t8-,9-,13+,14+,15-,19-/m1/s1. The molecule has 0 aromatic heterocycles. The number of halogens is 1. The van der Waals surface area contributed by atoms with Crippen LogP contribution in [-0.2, 0) is 19.9 Å². The van der Waals surface area contributed by atoms with Crippen LogP contribution in [0.25, 0.3) is 0 Å². The summed E-state index contributed by atoms with van der Waals surface area (Å²) in [6.07, 6.45) is -0.233.